The average Bonchev–Trinajstić information content (AvgIpc) is 2.93. The van der Waals surface area contributed by atoms with Gasteiger partial charge in [-0.05, 0) is 40.9 Å². The largest absolute Gasteiger partial charge is 0.358 e. The highest BCUT2D eigenvalue weighted by atomic mass is 79.9. The Morgan fingerprint density at radius 1 is 1.47 bits per heavy atom. The number of rotatable bonds is 3. The summed E-state index contributed by atoms with van der Waals surface area (Å²) in [5.74, 6) is 0.801. The Labute approximate surface area is 130 Å². The number of carbonyl (C=O) groups excluding carboxylic acids is 1. The fraction of sp³-hybridized carbons (Fsp3) is 0.417. The molecule has 1 aliphatic heterocycles. The van der Waals surface area contributed by atoms with Gasteiger partial charge in [-0.15, -0.1) is 0 Å². The van der Waals surface area contributed by atoms with E-state index in [1.165, 1.54) is 24.6 Å². The van der Waals surface area contributed by atoms with Crippen molar-refractivity contribution in [1.29, 1.82) is 0 Å². The average molecular weight is 360 g/mol. The summed E-state index contributed by atoms with van der Waals surface area (Å²) in [7, 11) is 0. The summed E-state index contributed by atoms with van der Waals surface area (Å²) >= 11 is 10.0. The summed E-state index contributed by atoms with van der Waals surface area (Å²) in [5.41, 5.74) is 0. The van der Waals surface area contributed by atoms with Crippen molar-refractivity contribution in [3.8, 4) is 0 Å². The van der Waals surface area contributed by atoms with Crippen LogP contribution in [0.15, 0.2) is 22.8 Å². The van der Waals surface area contributed by atoms with E-state index in [1.807, 2.05) is 6.07 Å². The molecule has 0 radical (unpaired) electrons. The first-order valence-electron chi connectivity index (χ1n) is 5.98. The lowest BCUT2D eigenvalue weighted by Gasteiger charge is -2.17. The molecule has 19 heavy (non-hydrogen) atoms. The van der Waals surface area contributed by atoms with E-state index in [-0.39, 0.29) is 5.91 Å². The molecule has 1 aromatic heterocycles. The Morgan fingerprint density at radius 2 is 2.21 bits per heavy atom. The number of amides is 1. The van der Waals surface area contributed by atoms with E-state index in [0.717, 1.165) is 21.9 Å². The SMILES string of the molecule is O=C(CSC(=S)N1CCCC1)Nc1ccc(Br)cn1. The van der Waals surface area contributed by atoms with Gasteiger partial charge in [0.05, 0.1) is 5.75 Å². The monoisotopic (exact) mass is 359 g/mol. The normalized spacial score (nSPS) is 14.5. The molecule has 4 nitrogen and oxygen atoms in total. The van der Waals surface area contributed by atoms with Crippen LogP contribution >= 0.6 is 39.9 Å². The van der Waals surface area contributed by atoms with Crippen LogP contribution in [0.3, 0.4) is 0 Å². The lowest BCUT2D eigenvalue weighted by atomic mass is 10.4. The highest BCUT2D eigenvalue weighted by molar-refractivity contribution is 9.10. The summed E-state index contributed by atoms with van der Waals surface area (Å²) in [5, 5.41) is 2.75. The Bertz CT molecular complexity index is 461. The number of aromatic nitrogens is 1. The second-order valence-electron chi connectivity index (χ2n) is 4.16. The maximum atomic E-state index is 11.8. The fourth-order valence-electron chi connectivity index (χ4n) is 1.75. The Hall–Kier alpha value is -0.660. The third-order valence-electron chi connectivity index (χ3n) is 2.69. The van der Waals surface area contributed by atoms with E-state index in [1.54, 1.807) is 12.3 Å². The molecule has 0 unspecified atom stereocenters. The molecular formula is C12H14BrN3OS2. The number of nitrogens with zero attached hydrogens (tertiary/aromatic N) is 2. The number of halogens is 1. The van der Waals surface area contributed by atoms with Gasteiger partial charge in [0.1, 0.15) is 10.1 Å². The van der Waals surface area contributed by atoms with Gasteiger partial charge < -0.3 is 10.2 Å². The molecule has 1 saturated heterocycles. The van der Waals surface area contributed by atoms with E-state index in [9.17, 15) is 4.79 Å². The minimum Gasteiger partial charge on any atom is -0.358 e. The first-order valence-corrected chi connectivity index (χ1v) is 8.17. The molecule has 0 spiro atoms. The number of thiocarbonyl (C=S) groups is 1. The molecule has 0 aromatic carbocycles. The quantitative estimate of drug-likeness (QED) is 0.840. The molecule has 1 aliphatic rings. The minimum absolute atomic E-state index is 0.0821. The van der Waals surface area contributed by atoms with Gasteiger partial charge in [-0.25, -0.2) is 4.98 Å². The molecule has 2 rings (SSSR count). The van der Waals surface area contributed by atoms with Crippen molar-refractivity contribution < 1.29 is 4.79 Å². The lowest BCUT2D eigenvalue weighted by Crippen LogP contribution is -2.25. The molecular weight excluding hydrogens is 346 g/mol. The van der Waals surface area contributed by atoms with Crippen molar-refractivity contribution in [3.63, 3.8) is 0 Å². The maximum absolute atomic E-state index is 11.8. The van der Waals surface area contributed by atoms with E-state index in [4.69, 9.17) is 12.2 Å². The van der Waals surface area contributed by atoms with Crippen LogP contribution in [0.5, 0.6) is 0 Å². The van der Waals surface area contributed by atoms with Crippen LogP contribution in [0, 0.1) is 0 Å². The number of nitrogens with one attached hydrogen (secondary N) is 1. The van der Waals surface area contributed by atoms with Crippen molar-refractivity contribution in [1.82, 2.24) is 9.88 Å². The van der Waals surface area contributed by atoms with Crippen molar-refractivity contribution in [3.05, 3.63) is 22.8 Å². The standard InChI is InChI=1S/C12H14BrN3OS2/c13-9-3-4-10(14-7-9)15-11(17)8-19-12(18)16-5-1-2-6-16/h3-4,7H,1-2,5-6,8H2,(H,14,15,17). The second-order valence-corrected chi connectivity index (χ2v) is 6.68. The van der Waals surface area contributed by atoms with Crippen molar-refractivity contribution in [2.45, 2.75) is 12.8 Å². The number of hydrogen-bond donors (Lipinski definition) is 1. The Morgan fingerprint density at radius 3 is 2.84 bits per heavy atom. The summed E-state index contributed by atoms with van der Waals surface area (Å²) in [6, 6.07) is 3.59. The molecule has 1 aromatic rings. The number of pyridine rings is 1. The van der Waals surface area contributed by atoms with Crippen LogP contribution in [0.4, 0.5) is 5.82 Å². The number of carbonyl (C=O) groups is 1. The van der Waals surface area contributed by atoms with Gasteiger partial charge in [0, 0.05) is 23.8 Å². The molecule has 0 bridgehead atoms. The zero-order valence-corrected chi connectivity index (χ0v) is 13.5. The summed E-state index contributed by atoms with van der Waals surface area (Å²) < 4.78 is 1.70. The third-order valence-corrected chi connectivity index (χ3v) is 4.68. The first-order chi connectivity index (χ1) is 9.15. The van der Waals surface area contributed by atoms with Gasteiger partial charge in [-0.3, -0.25) is 4.79 Å². The van der Waals surface area contributed by atoms with E-state index >= 15 is 0 Å². The molecule has 1 amide bonds. The van der Waals surface area contributed by atoms with Crippen LogP contribution < -0.4 is 5.32 Å². The van der Waals surface area contributed by atoms with Crippen LogP contribution in [0.1, 0.15) is 12.8 Å². The van der Waals surface area contributed by atoms with Crippen LogP contribution in [-0.4, -0.2) is 39.0 Å². The van der Waals surface area contributed by atoms with Crippen molar-refractivity contribution in [2.75, 3.05) is 24.2 Å². The number of thioether (sulfide) groups is 1. The molecule has 1 fully saturated rings. The van der Waals surface area contributed by atoms with Crippen LogP contribution in [0.25, 0.3) is 0 Å². The smallest absolute Gasteiger partial charge is 0.235 e. The molecule has 0 atom stereocenters. The fourth-order valence-corrected chi connectivity index (χ4v) is 3.03. The zero-order valence-electron chi connectivity index (χ0n) is 10.3. The van der Waals surface area contributed by atoms with Crippen molar-refractivity contribution in [2.24, 2.45) is 0 Å². The van der Waals surface area contributed by atoms with Gasteiger partial charge in [-0.2, -0.15) is 0 Å². The summed E-state index contributed by atoms with van der Waals surface area (Å²) in [6.45, 7) is 2.03. The third kappa shape index (κ3) is 4.74. The number of hydrogen-bond acceptors (Lipinski definition) is 4. The predicted octanol–water partition coefficient (Wildman–Crippen LogP) is 2.90. The van der Waals surface area contributed by atoms with Gasteiger partial charge in [0.2, 0.25) is 5.91 Å². The molecule has 0 saturated carbocycles. The highest BCUT2D eigenvalue weighted by Gasteiger charge is 2.16. The molecule has 102 valence electrons. The van der Waals surface area contributed by atoms with Crippen LogP contribution in [0.2, 0.25) is 0 Å². The van der Waals surface area contributed by atoms with Gasteiger partial charge >= 0.3 is 0 Å². The topological polar surface area (TPSA) is 45.2 Å². The first kappa shape index (κ1) is 14.7. The number of anilines is 1. The Balaban J connectivity index is 1.75. The molecule has 1 N–H and O–H groups in total. The van der Waals surface area contributed by atoms with Crippen LogP contribution in [-0.2, 0) is 4.79 Å². The van der Waals surface area contributed by atoms with Crippen molar-refractivity contribution >= 4 is 56.0 Å². The predicted molar refractivity (Wildman–Crippen MR) is 86.4 cm³/mol. The molecule has 2 heterocycles. The molecule has 0 aliphatic carbocycles. The highest BCUT2D eigenvalue weighted by Crippen LogP contribution is 2.16. The van der Waals surface area contributed by atoms with Gasteiger partial charge in [0.25, 0.3) is 0 Å². The zero-order chi connectivity index (χ0) is 13.7. The summed E-state index contributed by atoms with van der Waals surface area (Å²) in [6.07, 6.45) is 4.03. The Kier molecular flexibility index (Phi) is 5.59. The number of likely N-dealkylation sites (tertiary alicyclic amines) is 1. The second kappa shape index (κ2) is 7.21. The maximum Gasteiger partial charge on any atom is 0.235 e. The van der Waals surface area contributed by atoms with E-state index in [2.05, 4.69) is 31.1 Å². The van der Waals surface area contributed by atoms with Gasteiger partial charge in [0.15, 0.2) is 0 Å². The van der Waals surface area contributed by atoms with Gasteiger partial charge in [-0.1, -0.05) is 24.0 Å². The van der Waals surface area contributed by atoms with E-state index < -0.39 is 0 Å². The summed E-state index contributed by atoms with van der Waals surface area (Å²) in [4.78, 5) is 18.0. The van der Waals surface area contributed by atoms with E-state index in [0.29, 0.717) is 11.6 Å². The lowest BCUT2D eigenvalue weighted by molar-refractivity contribution is -0.113. The molecule has 7 heteroatoms. The minimum atomic E-state index is -0.0821.